The second kappa shape index (κ2) is 13.3. The Bertz CT molecular complexity index is 1270. The first-order valence-electron chi connectivity index (χ1n) is 11.5. The van der Waals surface area contributed by atoms with Gasteiger partial charge in [-0.05, 0) is 36.4 Å². The Morgan fingerprint density at radius 1 is 0.868 bits per heavy atom. The summed E-state index contributed by atoms with van der Waals surface area (Å²) >= 11 is 1.24. The summed E-state index contributed by atoms with van der Waals surface area (Å²) in [6.45, 7) is 5.66. The molecule has 1 aliphatic heterocycles. The van der Waals surface area contributed by atoms with E-state index in [-0.39, 0.29) is 11.8 Å². The molecule has 1 fully saturated rings. The third kappa shape index (κ3) is 6.92. The predicted molar refractivity (Wildman–Crippen MR) is 148 cm³/mol. The van der Waals surface area contributed by atoms with Crippen LogP contribution in [0.15, 0.2) is 77.7 Å². The van der Waals surface area contributed by atoms with Crippen LogP contribution in [0.25, 0.3) is 0 Å². The molecule has 38 heavy (non-hydrogen) atoms. The van der Waals surface area contributed by atoms with Gasteiger partial charge in [0.25, 0.3) is 5.91 Å². The topological polar surface area (TPSA) is 95.6 Å². The van der Waals surface area contributed by atoms with Gasteiger partial charge in [-0.3, -0.25) is 9.59 Å². The molecule has 0 unspecified atom stereocenters. The Kier molecular flexibility index (Phi) is 9.89. The van der Waals surface area contributed by atoms with Gasteiger partial charge in [0.2, 0.25) is 11.7 Å². The van der Waals surface area contributed by atoms with Gasteiger partial charge in [-0.15, -0.1) is 0 Å². The number of anilines is 2. The molecule has 1 saturated heterocycles. The van der Waals surface area contributed by atoms with Crippen molar-refractivity contribution in [3.63, 3.8) is 0 Å². The van der Waals surface area contributed by atoms with E-state index in [0.717, 1.165) is 10.6 Å². The van der Waals surface area contributed by atoms with Gasteiger partial charge in [-0.1, -0.05) is 18.7 Å². The minimum Gasteiger partial charge on any atom is -0.493 e. The summed E-state index contributed by atoms with van der Waals surface area (Å²) < 4.78 is 26.5. The molecule has 200 valence electrons. The molecule has 0 atom stereocenters. The maximum atomic E-state index is 11.6. The number of nitrogens with zero attached hydrogens (tertiary/aromatic N) is 1. The third-order valence-electron chi connectivity index (χ3n) is 5.33. The standard InChI is InChI=1S/C15H15NO3S.C13H15NO4/c1-11(17)16-12-7-9-13(10-8-12)20-19-15-6-4-3-5-14(15)18-2;1-8-7-14(13(8)15)9-5-10(16-2)12(18-4)11(6-9)17-3/h3-10H,1-2H3,(H,16,17);5-6H,1,7H2,2-4H3. The second-order valence-corrected chi connectivity index (χ2v) is 8.71. The van der Waals surface area contributed by atoms with Crippen LogP contribution in [-0.2, 0) is 9.59 Å². The quantitative estimate of drug-likeness (QED) is 0.221. The molecule has 0 aromatic heterocycles. The van der Waals surface area contributed by atoms with Crippen molar-refractivity contribution in [3.8, 4) is 28.7 Å². The highest BCUT2D eigenvalue weighted by atomic mass is 32.2. The summed E-state index contributed by atoms with van der Waals surface area (Å²) in [5, 5.41) is 2.72. The number of amides is 2. The molecular formula is C28H30N2O7S. The molecule has 3 aromatic carbocycles. The van der Waals surface area contributed by atoms with Gasteiger partial charge >= 0.3 is 0 Å². The highest BCUT2D eigenvalue weighted by Crippen LogP contribution is 2.42. The molecule has 0 saturated carbocycles. The van der Waals surface area contributed by atoms with Crippen LogP contribution in [-0.4, -0.2) is 46.8 Å². The van der Waals surface area contributed by atoms with E-state index in [4.69, 9.17) is 23.1 Å². The van der Waals surface area contributed by atoms with Crippen molar-refractivity contribution >= 4 is 35.2 Å². The summed E-state index contributed by atoms with van der Waals surface area (Å²) in [6.07, 6.45) is 0. The molecular weight excluding hydrogens is 508 g/mol. The van der Waals surface area contributed by atoms with Crippen LogP contribution in [0.4, 0.5) is 11.4 Å². The van der Waals surface area contributed by atoms with E-state index in [0.29, 0.717) is 46.6 Å². The van der Waals surface area contributed by atoms with Crippen molar-refractivity contribution in [2.75, 3.05) is 45.2 Å². The zero-order valence-electron chi connectivity index (χ0n) is 21.9. The van der Waals surface area contributed by atoms with Crippen molar-refractivity contribution in [2.24, 2.45) is 0 Å². The summed E-state index contributed by atoms with van der Waals surface area (Å²) in [4.78, 5) is 25.1. The number of hydrogen-bond acceptors (Lipinski definition) is 8. The largest absolute Gasteiger partial charge is 0.493 e. The van der Waals surface area contributed by atoms with Gasteiger partial charge in [0.1, 0.15) is 0 Å². The smallest absolute Gasteiger partial charge is 0.255 e. The normalized spacial score (nSPS) is 12.0. The van der Waals surface area contributed by atoms with Gasteiger partial charge < -0.3 is 33.3 Å². The van der Waals surface area contributed by atoms with Gasteiger partial charge in [-0.2, -0.15) is 0 Å². The van der Waals surface area contributed by atoms with E-state index in [1.807, 2.05) is 48.5 Å². The van der Waals surface area contributed by atoms with Crippen LogP contribution in [0.5, 0.6) is 28.7 Å². The number of carbonyl (C=O) groups is 2. The van der Waals surface area contributed by atoms with E-state index < -0.39 is 0 Å². The lowest BCUT2D eigenvalue weighted by Gasteiger charge is -2.33. The number of nitrogens with one attached hydrogen (secondary N) is 1. The minimum absolute atomic E-state index is 0.0794. The highest BCUT2D eigenvalue weighted by molar-refractivity contribution is 7.95. The van der Waals surface area contributed by atoms with Crippen LogP contribution in [0.1, 0.15) is 6.92 Å². The first-order valence-corrected chi connectivity index (χ1v) is 12.2. The molecule has 0 bridgehead atoms. The molecule has 4 rings (SSSR count). The monoisotopic (exact) mass is 538 g/mol. The number of methoxy groups -OCH3 is 4. The molecule has 2 amide bonds. The molecule has 3 aromatic rings. The van der Waals surface area contributed by atoms with Crippen LogP contribution < -0.4 is 33.3 Å². The van der Waals surface area contributed by atoms with Gasteiger partial charge in [0, 0.05) is 35.2 Å². The summed E-state index contributed by atoms with van der Waals surface area (Å²) in [6, 6.07) is 18.4. The Balaban J connectivity index is 0.000000212. The number of benzene rings is 3. The average Bonchev–Trinajstić information content (AvgIpc) is 2.94. The van der Waals surface area contributed by atoms with E-state index in [2.05, 4.69) is 11.9 Å². The van der Waals surface area contributed by atoms with E-state index in [9.17, 15) is 9.59 Å². The van der Waals surface area contributed by atoms with Crippen LogP contribution in [0.2, 0.25) is 0 Å². The molecule has 0 spiro atoms. The lowest BCUT2D eigenvalue weighted by molar-refractivity contribution is -0.117. The van der Waals surface area contributed by atoms with Crippen molar-refractivity contribution in [1.29, 1.82) is 0 Å². The molecule has 1 heterocycles. The average molecular weight is 539 g/mol. The number of rotatable bonds is 9. The van der Waals surface area contributed by atoms with E-state index in [1.54, 1.807) is 24.1 Å². The SMILES string of the molecule is C=C1CN(c2cc(OC)c(OC)c(OC)c2)C1=O.COc1ccccc1OSc1ccc(NC(C)=O)cc1. The molecule has 0 radical (unpaired) electrons. The summed E-state index contributed by atoms with van der Waals surface area (Å²) in [5.41, 5.74) is 2.07. The number of ether oxygens (including phenoxy) is 4. The highest BCUT2D eigenvalue weighted by Gasteiger charge is 2.31. The maximum absolute atomic E-state index is 11.6. The van der Waals surface area contributed by atoms with E-state index in [1.165, 1.54) is 40.3 Å². The zero-order chi connectivity index (χ0) is 27.7. The van der Waals surface area contributed by atoms with Crippen LogP contribution in [0, 0.1) is 0 Å². The number of para-hydroxylation sites is 2. The lowest BCUT2D eigenvalue weighted by Crippen LogP contribution is -2.45. The van der Waals surface area contributed by atoms with E-state index >= 15 is 0 Å². The van der Waals surface area contributed by atoms with Gasteiger partial charge in [0.05, 0.1) is 52.7 Å². The number of hydrogen-bond donors (Lipinski definition) is 1. The summed E-state index contributed by atoms with van der Waals surface area (Å²) in [7, 11) is 6.22. The lowest BCUT2D eigenvalue weighted by atomic mass is 10.1. The van der Waals surface area contributed by atoms with Crippen LogP contribution >= 0.6 is 12.0 Å². The first kappa shape index (κ1) is 28.3. The van der Waals surface area contributed by atoms with Gasteiger partial charge in [0.15, 0.2) is 23.0 Å². The second-order valence-electron chi connectivity index (χ2n) is 7.90. The molecule has 1 N–H and O–H groups in total. The van der Waals surface area contributed by atoms with Crippen LogP contribution in [0.3, 0.4) is 0 Å². The number of carbonyl (C=O) groups excluding carboxylic acids is 2. The molecule has 0 aliphatic carbocycles. The van der Waals surface area contributed by atoms with Crippen molar-refractivity contribution < 1.29 is 32.7 Å². The first-order chi connectivity index (χ1) is 18.3. The Morgan fingerprint density at radius 3 is 1.92 bits per heavy atom. The van der Waals surface area contributed by atoms with Crippen molar-refractivity contribution in [1.82, 2.24) is 0 Å². The molecule has 9 nitrogen and oxygen atoms in total. The predicted octanol–water partition coefficient (Wildman–Crippen LogP) is 5.35. The Morgan fingerprint density at radius 2 is 1.45 bits per heavy atom. The fourth-order valence-electron chi connectivity index (χ4n) is 3.44. The molecule has 1 aliphatic rings. The fourth-order valence-corrected chi connectivity index (χ4v) is 4.01. The summed E-state index contributed by atoms with van der Waals surface area (Å²) in [5.74, 6) is 2.76. The fraction of sp³-hybridized carbons (Fsp3) is 0.214. The van der Waals surface area contributed by atoms with Gasteiger partial charge in [-0.25, -0.2) is 0 Å². The minimum atomic E-state index is -0.0873. The molecule has 10 heteroatoms. The third-order valence-corrected chi connectivity index (χ3v) is 6.06. The zero-order valence-corrected chi connectivity index (χ0v) is 22.7. The Labute approximate surface area is 226 Å². The van der Waals surface area contributed by atoms with Crippen molar-refractivity contribution in [2.45, 2.75) is 11.8 Å². The Hall–Kier alpha value is -4.31. The van der Waals surface area contributed by atoms with Crippen molar-refractivity contribution in [3.05, 3.63) is 72.8 Å². The number of β-lactam (4-membered cyclic amide) rings is 1. The maximum Gasteiger partial charge on any atom is 0.255 e.